The van der Waals surface area contributed by atoms with E-state index in [4.69, 9.17) is 0 Å². The van der Waals surface area contributed by atoms with Gasteiger partial charge in [0.25, 0.3) is 0 Å². The number of carboxylic acids is 1. The van der Waals surface area contributed by atoms with Gasteiger partial charge in [0, 0.05) is 36.0 Å². The first kappa shape index (κ1) is 15.8. The molecule has 7 heteroatoms. The van der Waals surface area contributed by atoms with E-state index in [1.54, 1.807) is 12.3 Å². The third kappa shape index (κ3) is 2.29. The van der Waals surface area contributed by atoms with E-state index < -0.39 is 5.97 Å². The summed E-state index contributed by atoms with van der Waals surface area (Å²) in [4.78, 5) is 17.9. The summed E-state index contributed by atoms with van der Waals surface area (Å²) in [5, 5.41) is 9.36. The number of halogens is 2. The van der Waals surface area contributed by atoms with Crippen LogP contribution in [-0.4, -0.2) is 32.1 Å². The zero-order chi connectivity index (χ0) is 16.9. The van der Waals surface area contributed by atoms with Gasteiger partial charge in [-0.3, -0.25) is 9.88 Å². The molecule has 0 radical (unpaired) electrons. The minimum atomic E-state index is -0.898. The molecule has 0 atom stereocenters. The zero-order valence-corrected chi connectivity index (χ0v) is 14.6. The molecule has 0 saturated heterocycles. The molecule has 0 aromatic carbocycles. The fraction of sp³-hybridized carbons (Fsp3) is 0.412. The summed E-state index contributed by atoms with van der Waals surface area (Å²) in [7, 11) is 0. The molecular weight excluding hydrogens is 377 g/mol. The number of aromatic carboxylic acids is 1. The molecule has 0 amide bonds. The van der Waals surface area contributed by atoms with Crippen LogP contribution in [0.3, 0.4) is 0 Å². The van der Waals surface area contributed by atoms with Crippen molar-refractivity contribution in [3.05, 3.63) is 51.8 Å². The fourth-order valence-corrected chi connectivity index (χ4v) is 4.26. The minimum Gasteiger partial charge on any atom is -0.477 e. The quantitative estimate of drug-likeness (QED) is 0.868. The van der Waals surface area contributed by atoms with Gasteiger partial charge in [0.05, 0.1) is 11.2 Å². The lowest BCUT2D eigenvalue weighted by molar-refractivity contribution is -0.0234. The molecule has 2 aromatic rings. The molecule has 1 N–H and O–H groups in total. The van der Waals surface area contributed by atoms with Crippen LogP contribution in [0.15, 0.2) is 28.9 Å². The van der Waals surface area contributed by atoms with Crippen LogP contribution in [0.1, 0.15) is 41.1 Å². The Morgan fingerprint density at radius 2 is 2.17 bits per heavy atom. The largest absolute Gasteiger partial charge is 0.477 e. The Morgan fingerprint density at radius 1 is 1.38 bits per heavy atom. The lowest BCUT2D eigenvalue weighted by Crippen LogP contribution is -2.56. The van der Waals surface area contributed by atoms with Gasteiger partial charge in [-0.25, -0.2) is 9.18 Å². The lowest BCUT2D eigenvalue weighted by Gasteiger charge is -2.53. The van der Waals surface area contributed by atoms with Crippen LogP contribution in [0.25, 0.3) is 0 Å². The van der Waals surface area contributed by atoms with Crippen molar-refractivity contribution in [1.29, 1.82) is 0 Å². The molecule has 0 unspecified atom stereocenters. The van der Waals surface area contributed by atoms with Crippen molar-refractivity contribution >= 4 is 21.9 Å². The van der Waals surface area contributed by atoms with Crippen molar-refractivity contribution in [2.24, 2.45) is 0 Å². The number of hydrogen-bond donors (Lipinski definition) is 1. The van der Waals surface area contributed by atoms with Gasteiger partial charge in [-0.2, -0.15) is 0 Å². The fourth-order valence-electron chi connectivity index (χ4n) is 3.95. The summed E-state index contributed by atoms with van der Waals surface area (Å²) < 4.78 is 16.7. The van der Waals surface area contributed by atoms with Crippen LogP contribution in [0.2, 0.25) is 0 Å². The van der Waals surface area contributed by atoms with Crippen LogP contribution in [-0.2, 0) is 18.6 Å². The van der Waals surface area contributed by atoms with Crippen molar-refractivity contribution in [2.45, 2.75) is 37.9 Å². The molecule has 4 rings (SSSR count). The summed E-state index contributed by atoms with van der Waals surface area (Å²) >= 11 is 3.23. The number of rotatable bonds is 3. The summed E-state index contributed by atoms with van der Waals surface area (Å²) in [6.45, 7) is 1.73. The molecule has 3 heterocycles. The van der Waals surface area contributed by atoms with Gasteiger partial charge >= 0.3 is 5.97 Å². The first-order valence-electron chi connectivity index (χ1n) is 7.99. The van der Waals surface area contributed by atoms with Crippen LogP contribution < -0.4 is 0 Å². The number of carboxylic acid groups (broad SMARTS) is 1. The summed E-state index contributed by atoms with van der Waals surface area (Å²) in [5.74, 6) is -1.21. The number of pyridine rings is 1. The van der Waals surface area contributed by atoms with Gasteiger partial charge in [-0.15, -0.1) is 0 Å². The van der Waals surface area contributed by atoms with Gasteiger partial charge in [0.1, 0.15) is 11.5 Å². The van der Waals surface area contributed by atoms with Gasteiger partial charge in [0.15, 0.2) is 0 Å². The molecule has 1 aliphatic heterocycles. The highest BCUT2D eigenvalue weighted by molar-refractivity contribution is 9.10. The molecule has 126 valence electrons. The van der Waals surface area contributed by atoms with E-state index in [-0.39, 0.29) is 11.4 Å². The third-order valence-corrected chi connectivity index (χ3v) is 5.71. The lowest BCUT2D eigenvalue weighted by atomic mass is 9.72. The van der Waals surface area contributed by atoms with Crippen LogP contribution in [0.4, 0.5) is 4.39 Å². The van der Waals surface area contributed by atoms with E-state index in [0.29, 0.717) is 35.5 Å². The predicted molar refractivity (Wildman–Crippen MR) is 89.2 cm³/mol. The highest BCUT2D eigenvalue weighted by Gasteiger charge is 2.48. The molecule has 2 aliphatic rings. The molecule has 1 fully saturated rings. The number of fused-ring (bicyclic) bond motifs is 2. The minimum absolute atomic E-state index is 0.187. The number of carbonyl (C=O) groups is 1. The summed E-state index contributed by atoms with van der Waals surface area (Å²) in [5.41, 5.74) is 1.62. The van der Waals surface area contributed by atoms with Gasteiger partial charge in [-0.05, 0) is 53.4 Å². The Hall–Kier alpha value is -1.73. The normalized spacial score (nSPS) is 19.1. The van der Waals surface area contributed by atoms with E-state index in [2.05, 4.69) is 25.8 Å². The van der Waals surface area contributed by atoms with Crippen LogP contribution >= 0.6 is 15.9 Å². The maximum atomic E-state index is 14.2. The first-order valence-corrected chi connectivity index (χ1v) is 8.79. The van der Waals surface area contributed by atoms with Gasteiger partial charge in [-0.1, -0.05) is 0 Å². The highest BCUT2D eigenvalue weighted by Crippen LogP contribution is 2.49. The number of aromatic nitrogens is 2. The van der Waals surface area contributed by atoms with E-state index in [1.807, 2.05) is 10.6 Å². The molecule has 1 saturated carbocycles. The van der Waals surface area contributed by atoms with Gasteiger partial charge < -0.3 is 9.67 Å². The van der Waals surface area contributed by atoms with E-state index in [9.17, 15) is 14.3 Å². The Labute approximate surface area is 147 Å². The van der Waals surface area contributed by atoms with E-state index in [1.165, 1.54) is 6.07 Å². The maximum Gasteiger partial charge on any atom is 0.352 e. The molecule has 24 heavy (non-hydrogen) atoms. The molecule has 5 nitrogen and oxygen atoms in total. The Bertz CT molecular complexity index is 816. The SMILES string of the molecule is O=C(O)c1ccc2n1CCN(Cc1ncc(Br)cc1F)C21CCC1. The number of hydrogen-bond acceptors (Lipinski definition) is 3. The molecule has 0 bridgehead atoms. The van der Waals surface area contributed by atoms with E-state index >= 15 is 0 Å². The summed E-state index contributed by atoms with van der Waals surface area (Å²) in [6, 6.07) is 5.03. The van der Waals surface area contributed by atoms with Crippen LogP contribution in [0, 0.1) is 5.82 Å². The Balaban J connectivity index is 1.69. The monoisotopic (exact) mass is 393 g/mol. The Morgan fingerprint density at radius 3 is 2.79 bits per heavy atom. The third-order valence-electron chi connectivity index (χ3n) is 5.28. The number of nitrogens with zero attached hydrogens (tertiary/aromatic N) is 3. The standard InChI is InChI=1S/C17H17BrFN3O2/c18-11-8-12(19)13(20-9-11)10-21-6-7-22-14(16(23)24)2-3-15(22)17(21)4-1-5-17/h2-3,8-9H,1,4-7,10H2,(H,23,24). The van der Waals surface area contributed by atoms with Crippen molar-refractivity contribution in [3.8, 4) is 0 Å². The first-order chi connectivity index (χ1) is 11.5. The topological polar surface area (TPSA) is 58.4 Å². The highest BCUT2D eigenvalue weighted by atomic mass is 79.9. The second kappa shape index (κ2) is 5.67. The maximum absolute atomic E-state index is 14.2. The average Bonchev–Trinajstić information content (AvgIpc) is 2.92. The van der Waals surface area contributed by atoms with E-state index in [0.717, 1.165) is 25.0 Å². The average molecular weight is 394 g/mol. The van der Waals surface area contributed by atoms with Crippen molar-refractivity contribution in [2.75, 3.05) is 6.54 Å². The predicted octanol–water partition coefficient (Wildman–Crippen LogP) is 3.38. The molecule has 1 spiro atoms. The van der Waals surface area contributed by atoms with Crippen molar-refractivity contribution in [1.82, 2.24) is 14.5 Å². The molecule has 1 aliphatic carbocycles. The van der Waals surface area contributed by atoms with Crippen molar-refractivity contribution in [3.63, 3.8) is 0 Å². The molecule has 2 aromatic heterocycles. The van der Waals surface area contributed by atoms with Gasteiger partial charge in [0.2, 0.25) is 0 Å². The second-order valence-electron chi connectivity index (χ2n) is 6.45. The smallest absolute Gasteiger partial charge is 0.352 e. The molecular formula is C17H17BrFN3O2. The van der Waals surface area contributed by atoms with Crippen molar-refractivity contribution < 1.29 is 14.3 Å². The summed E-state index contributed by atoms with van der Waals surface area (Å²) in [6.07, 6.45) is 4.64. The Kier molecular flexibility index (Phi) is 3.73. The second-order valence-corrected chi connectivity index (χ2v) is 7.37. The zero-order valence-electron chi connectivity index (χ0n) is 13.0. The van der Waals surface area contributed by atoms with Crippen LogP contribution in [0.5, 0.6) is 0 Å².